The molecule has 0 unspecified atom stereocenters. The Morgan fingerprint density at radius 3 is 2.75 bits per heavy atom. The molecule has 2 fully saturated rings. The van der Waals surface area contributed by atoms with Crippen molar-refractivity contribution in [3.63, 3.8) is 0 Å². The smallest absolute Gasteiger partial charge is 0.261 e. The summed E-state index contributed by atoms with van der Waals surface area (Å²) in [5, 5.41) is 0.663. The number of hydrogen-bond donors (Lipinski definition) is 0. The van der Waals surface area contributed by atoms with Gasteiger partial charge in [-0.25, -0.2) is 4.98 Å². The van der Waals surface area contributed by atoms with Gasteiger partial charge in [0.05, 0.1) is 24.1 Å². The highest BCUT2D eigenvalue weighted by Crippen LogP contribution is 2.31. The van der Waals surface area contributed by atoms with Crippen LogP contribution >= 0.6 is 0 Å². The van der Waals surface area contributed by atoms with E-state index in [0.717, 1.165) is 23.3 Å². The molecule has 0 amide bonds. The van der Waals surface area contributed by atoms with Crippen LogP contribution in [0.1, 0.15) is 56.3 Å². The molecule has 1 spiro atoms. The minimum Gasteiger partial charge on any atom is -0.347 e. The van der Waals surface area contributed by atoms with E-state index in [-0.39, 0.29) is 5.56 Å². The molecule has 1 saturated heterocycles. The van der Waals surface area contributed by atoms with E-state index < -0.39 is 5.79 Å². The highest BCUT2D eigenvalue weighted by Gasteiger charge is 2.38. The van der Waals surface area contributed by atoms with E-state index in [1.807, 2.05) is 18.2 Å². The highest BCUT2D eigenvalue weighted by atomic mass is 16.7. The maximum atomic E-state index is 13.1. The van der Waals surface area contributed by atoms with Gasteiger partial charge in [0.15, 0.2) is 5.79 Å². The zero-order valence-corrected chi connectivity index (χ0v) is 16.2. The van der Waals surface area contributed by atoms with Gasteiger partial charge in [0.25, 0.3) is 5.56 Å². The fourth-order valence-corrected chi connectivity index (χ4v) is 4.69. The minimum atomic E-state index is -0.539. The molecule has 1 aromatic carbocycles. The zero-order chi connectivity index (χ0) is 19.0. The summed E-state index contributed by atoms with van der Waals surface area (Å²) in [5.74, 6) is 7.55. The van der Waals surface area contributed by atoms with E-state index >= 15 is 0 Å². The van der Waals surface area contributed by atoms with Crippen LogP contribution in [-0.2, 0) is 22.4 Å². The van der Waals surface area contributed by atoms with Crippen molar-refractivity contribution in [2.24, 2.45) is 5.92 Å². The van der Waals surface area contributed by atoms with Crippen LogP contribution in [0.3, 0.4) is 0 Å². The first kappa shape index (κ1) is 17.9. The van der Waals surface area contributed by atoms with Crippen molar-refractivity contribution in [3.05, 3.63) is 39.9 Å². The second-order valence-corrected chi connectivity index (χ2v) is 8.18. The lowest BCUT2D eigenvalue weighted by atomic mass is 9.89. The lowest BCUT2D eigenvalue weighted by Gasteiger charge is -2.24. The van der Waals surface area contributed by atoms with Gasteiger partial charge in [0.1, 0.15) is 5.82 Å². The fraction of sp³-hybridized carbons (Fsp3) is 0.565. The summed E-state index contributed by atoms with van der Waals surface area (Å²) in [6.07, 6.45) is 8.45. The number of benzene rings is 1. The average Bonchev–Trinajstić information content (AvgIpc) is 3.11. The van der Waals surface area contributed by atoms with E-state index in [9.17, 15) is 4.79 Å². The van der Waals surface area contributed by atoms with Crippen molar-refractivity contribution in [1.82, 2.24) is 9.55 Å². The SMILES string of the molecule is O=c1c2ccc(C#CC3CCCCC3)cc2nc2n1CCC1(CC2)OCCO1. The quantitative estimate of drug-likeness (QED) is 0.659. The topological polar surface area (TPSA) is 53.4 Å². The summed E-state index contributed by atoms with van der Waals surface area (Å²) < 4.78 is 13.5. The first-order valence-electron chi connectivity index (χ1n) is 10.6. The second-order valence-electron chi connectivity index (χ2n) is 8.18. The Kier molecular flexibility index (Phi) is 4.70. The molecule has 1 aromatic heterocycles. The predicted molar refractivity (Wildman–Crippen MR) is 107 cm³/mol. The molecule has 28 heavy (non-hydrogen) atoms. The molecule has 1 aliphatic carbocycles. The van der Waals surface area contributed by atoms with Crippen LogP contribution in [0, 0.1) is 17.8 Å². The number of nitrogens with zero attached hydrogens (tertiary/aromatic N) is 2. The normalized spacial score (nSPS) is 21.9. The zero-order valence-electron chi connectivity index (χ0n) is 16.2. The first-order valence-corrected chi connectivity index (χ1v) is 10.6. The Labute approximate surface area is 165 Å². The van der Waals surface area contributed by atoms with Crippen LogP contribution in [0.5, 0.6) is 0 Å². The van der Waals surface area contributed by atoms with E-state index in [4.69, 9.17) is 14.5 Å². The maximum Gasteiger partial charge on any atom is 0.261 e. The van der Waals surface area contributed by atoms with Crippen LogP contribution in [-0.4, -0.2) is 28.6 Å². The molecule has 146 valence electrons. The van der Waals surface area contributed by atoms with E-state index in [0.29, 0.717) is 43.9 Å². The average molecular weight is 378 g/mol. The molecule has 5 rings (SSSR count). The molecule has 0 bridgehead atoms. The Morgan fingerprint density at radius 2 is 1.93 bits per heavy atom. The first-order chi connectivity index (χ1) is 13.7. The van der Waals surface area contributed by atoms with Gasteiger partial charge in [-0.15, -0.1) is 0 Å². The number of aryl methyl sites for hydroxylation is 1. The Balaban J connectivity index is 1.46. The lowest BCUT2D eigenvalue weighted by molar-refractivity contribution is -0.165. The molecule has 3 aliphatic rings. The number of fused-ring (bicyclic) bond motifs is 2. The molecule has 0 radical (unpaired) electrons. The third-order valence-corrected chi connectivity index (χ3v) is 6.32. The predicted octanol–water partition coefficient (Wildman–Crippen LogP) is 3.41. The van der Waals surface area contributed by atoms with Crippen molar-refractivity contribution >= 4 is 10.9 Å². The third kappa shape index (κ3) is 3.36. The van der Waals surface area contributed by atoms with Crippen molar-refractivity contribution in [3.8, 4) is 11.8 Å². The molecule has 0 atom stereocenters. The van der Waals surface area contributed by atoms with Crippen molar-refractivity contribution in [1.29, 1.82) is 0 Å². The van der Waals surface area contributed by atoms with E-state index in [1.165, 1.54) is 32.1 Å². The Hall–Kier alpha value is -2.16. The Bertz CT molecular complexity index is 1000. The van der Waals surface area contributed by atoms with Gasteiger partial charge in [-0.1, -0.05) is 31.1 Å². The fourth-order valence-electron chi connectivity index (χ4n) is 4.69. The van der Waals surface area contributed by atoms with Gasteiger partial charge in [0, 0.05) is 37.3 Å². The molecule has 5 heteroatoms. The highest BCUT2D eigenvalue weighted by molar-refractivity contribution is 5.79. The van der Waals surface area contributed by atoms with Crippen LogP contribution in [0.4, 0.5) is 0 Å². The van der Waals surface area contributed by atoms with E-state index in [2.05, 4.69) is 11.8 Å². The number of hydrogen-bond acceptors (Lipinski definition) is 4. The number of ether oxygens (including phenoxy) is 2. The van der Waals surface area contributed by atoms with Crippen molar-refractivity contribution < 1.29 is 9.47 Å². The van der Waals surface area contributed by atoms with Crippen LogP contribution < -0.4 is 5.56 Å². The summed E-state index contributed by atoms with van der Waals surface area (Å²) in [6.45, 7) is 1.84. The van der Waals surface area contributed by atoms with Crippen molar-refractivity contribution in [2.75, 3.05) is 13.2 Å². The van der Waals surface area contributed by atoms with Crippen molar-refractivity contribution in [2.45, 2.75) is 63.7 Å². The summed E-state index contributed by atoms with van der Waals surface area (Å²) in [6, 6.07) is 5.80. The van der Waals surface area contributed by atoms with Gasteiger partial charge in [-0.05, 0) is 31.0 Å². The summed E-state index contributed by atoms with van der Waals surface area (Å²) >= 11 is 0. The van der Waals surface area contributed by atoms with Gasteiger partial charge < -0.3 is 9.47 Å². The molecular formula is C23H26N2O3. The van der Waals surface area contributed by atoms with Gasteiger partial charge in [0.2, 0.25) is 0 Å². The van der Waals surface area contributed by atoms with Crippen LogP contribution in [0.15, 0.2) is 23.0 Å². The molecule has 5 nitrogen and oxygen atoms in total. The molecule has 2 aromatic rings. The lowest BCUT2D eigenvalue weighted by Crippen LogP contribution is -2.31. The molecule has 3 heterocycles. The molecule has 1 saturated carbocycles. The molecule has 2 aliphatic heterocycles. The maximum absolute atomic E-state index is 13.1. The number of aromatic nitrogens is 2. The Morgan fingerprint density at radius 1 is 1.11 bits per heavy atom. The largest absolute Gasteiger partial charge is 0.347 e. The monoisotopic (exact) mass is 378 g/mol. The second kappa shape index (κ2) is 7.35. The minimum absolute atomic E-state index is 0.0295. The van der Waals surface area contributed by atoms with Gasteiger partial charge in [-0.2, -0.15) is 0 Å². The molecule has 0 N–H and O–H groups in total. The van der Waals surface area contributed by atoms with Crippen LogP contribution in [0.2, 0.25) is 0 Å². The standard InChI is InChI=1S/C23H26N2O3/c26-22-19-9-8-18(7-6-17-4-2-1-3-5-17)16-20(19)24-21-10-11-23(12-13-25(21)22)27-14-15-28-23/h8-9,16-17H,1-5,10-15H2. The van der Waals surface area contributed by atoms with Gasteiger partial charge >= 0.3 is 0 Å². The van der Waals surface area contributed by atoms with Gasteiger partial charge in [-0.3, -0.25) is 9.36 Å². The van der Waals surface area contributed by atoms with Crippen LogP contribution in [0.25, 0.3) is 10.9 Å². The summed E-state index contributed by atoms with van der Waals surface area (Å²) in [7, 11) is 0. The number of rotatable bonds is 0. The van der Waals surface area contributed by atoms with E-state index in [1.54, 1.807) is 4.57 Å². The summed E-state index contributed by atoms with van der Waals surface area (Å²) in [5.41, 5.74) is 1.72. The summed E-state index contributed by atoms with van der Waals surface area (Å²) in [4.78, 5) is 17.9. The molecular weight excluding hydrogens is 352 g/mol. The third-order valence-electron chi connectivity index (χ3n) is 6.32.